The molecule has 0 aliphatic carbocycles. The van der Waals surface area contributed by atoms with E-state index >= 15 is 0 Å². The molecule has 1 aliphatic rings. The summed E-state index contributed by atoms with van der Waals surface area (Å²) in [6.45, 7) is 0. The van der Waals surface area contributed by atoms with Gasteiger partial charge < -0.3 is 0 Å². The molecule has 1 rings (SSSR count). The Labute approximate surface area is 55.2 Å². The van der Waals surface area contributed by atoms with E-state index in [0.29, 0.717) is 0 Å². The minimum Gasteiger partial charge on any atom is -0.299 e. The maximum atomic E-state index is 10.4. The van der Waals surface area contributed by atoms with Crippen molar-refractivity contribution >= 4 is 11.8 Å². The molecule has 1 aliphatic heterocycles. The van der Waals surface area contributed by atoms with Gasteiger partial charge in [0, 0.05) is 5.28 Å². The fourth-order valence-electron chi connectivity index (χ4n) is 0.423. The number of rotatable bonds is 1. The van der Waals surface area contributed by atoms with Crippen LogP contribution in [0, 0.1) is 5.53 Å². The van der Waals surface area contributed by atoms with Crippen molar-refractivity contribution in [2.24, 2.45) is 20.7 Å². The number of carbonyl (C=O) groups excluding carboxylic acids is 1. The third kappa shape index (κ3) is 1.41. The Kier molecular flexibility index (Phi) is 1.78. The van der Waals surface area contributed by atoms with Crippen LogP contribution in [0.2, 0.25) is 0 Å². The molecule has 7 nitrogen and oxygen atoms in total. The second kappa shape index (κ2) is 2.76. The Morgan fingerprint density at radius 3 is 3.10 bits per heavy atom. The molecule has 0 saturated carbocycles. The van der Waals surface area contributed by atoms with Crippen LogP contribution in [0.3, 0.4) is 0 Å². The van der Waals surface area contributed by atoms with E-state index in [-0.39, 0.29) is 12.3 Å². The molecule has 0 fully saturated rings. The summed E-state index contributed by atoms with van der Waals surface area (Å²) in [4.78, 5) is 14.5. The molecule has 1 N–H and O–H groups in total. The molecule has 0 atom stereocenters. The van der Waals surface area contributed by atoms with E-state index in [1.807, 2.05) is 0 Å². The second-order valence-corrected chi connectivity index (χ2v) is 1.44. The predicted molar refractivity (Wildman–Crippen MR) is 28.1 cm³/mol. The standard InChI is InChI=1S/C3H3N5O2/c4-7-5-2-1-3(9)10-8-6-2/h4H,1H2/b5-2+,7-4?. The summed E-state index contributed by atoms with van der Waals surface area (Å²) < 4.78 is 0. The Morgan fingerprint density at radius 2 is 2.50 bits per heavy atom. The first-order valence-corrected chi connectivity index (χ1v) is 2.37. The molecule has 0 radical (unpaired) electrons. The highest BCUT2D eigenvalue weighted by Crippen LogP contribution is 2.01. The SMILES string of the molecule is N=N/N=C1\CC(=O)ON=N1. The lowest BCUT2D eigenvalue weighted by Crippen LogP contribution is -2.10. The van der Waals surface area contributed by atoms with Crippen LogP contribution < -0.4 is 0 Å². The molecule has 0 bridgehead atoms. The van der Waals surface area contributed by atoms with Gasteiger partial charge in [0.2, 0.25) is 0 Å². The zero-order chi connectivity index (χ0) is 7.40. The number of hydrogen-bond donors (Lipinski definition) is 1. The summed E-state index contributed by atoms with van der Waals surface area (Å²) >= 11 is 0. The van der Waals surface area contributed by atoms with E-state index in [1.54, 1.807) is 0 Å². The van der Waals surface area contributed by atoms with Gasteiger partial charge in [-0.2, -0.15) is 5.53 Å². The molecular weight excluding hydrogens is 138 g/mol. The summed E-state index contributed by atoms with van der Waals surface area (Å²) in [6.07, 6.45) is -0.0775. The van der Waals surface area contributed by atoms with Crippen molar-refractivity contribution in [3.63, 3.8) is 0 Å². The van der Waals surface area contributed by atoms with Crippen molar-refractivity contribution in [3.8, 4) is 0 Å². The van der Waals surface area contributed by atoms with Crippen molar-refractivity contribution < 1.29 is 9.63 Å². The highest BCUT2D eigenvalue weighted by atomic mass is 16.7. The van der Waals surface area contributed by atoms with Crippen LogP contribution in [0.4, 0.5) is 0 Å². The highest BCUT2D eigenvalue weighted by Gasteiger charge is 2.13. The number of hydrogen-bond acceptors (Lipinski definition) is 5. The normalized spacial score (nSPS) is 20.8. The summed E-state index contributed by atoms with van der Waals surface area (Å²) in [5.41, 5.74) is 6.29. The Bertz CT molecular complexity index is 219. The average Bonchev–Trinajstić information content (AvgIpc) is 1.88. The van der Waals surface area contributed by atoms with Crippen molar-refractivity contribution in [3.05, 3.63) is 0 Å². The van der Waals surface area contributed by atoms with Gasteiger partial charge in [-0.15, -0.1) is 5.10 Å². The minimum absolute atomic E-state index is 0.0775. The summed E-state index contributed by atoms with van der Waals surface area (Å²) in [5.74, 6) is -0.455. The molecule has 0 saturated heterocycles. The molecule has 1 heterocycles. The maximum absolute atomic E-state index is 10.4. The number of nitrogens with zero attached hydrogens (tertiary/aromatic N) is 4. The lowest BCUT2D eigenvalue weighted by atomic mass is 10.4. The van der Waals surface area contributed by atoms with Crippen LogP contribution >= 0.6 is 0 Å². The molecule has 0 unspecified atom stereocenters. The zero-order valence-electron chi connectivity index (χ0n) is 4.81. The summed E-state index contributed by atoms with van der Waals surface area (Å²) in [6, 6.07) is 0. The molecule has 52 valence electrons. The van der Waals surface area contributed by atoms with Crippen LogP contribution in [-0.2, 0) is 9.63 Å². The topological polar surface area (TPSA) is 99.6 Å². The maximum Gasteiger partial charge on any atom is 0.344 e. The van der Waals surface area contributed by atoms with E-state index in [9.17, 15) is 4.79 Å². The van der Waals surface area contributed by atoms with E-state index in [0.717, 1.165) is 0 Å². The van der Waals surface area contributed by atoms with Crippen LogP contribution in [0.25, 0.3) is 0 Å². The Morgan fingerprint density at radius 1 is 1.70 bits per heavy atom. The van der Waals surface area contributed by atoms with Crippen LogP contribution in [0.15, 0.2) is 20.7 Å². The van der Waals surface area contributed by atoms with Gasteiger partial charge in [0.15, 0.2) is 5.84 Å². The average molecular weight is 141 g/mol. The molecule has 0 aromatic heterocycles. The van der Waals surface area contributed by atoms with Gasteiger partial charge in [0.1, 0.15) is 6.42 Å². The van der Waals surface area contributed by atoms with E-state index in [2.05, 4.69) is 25.6 Å². The van der Waals surface area contributed by atoms with Gasteiger partial charge in [0.25, 0.3) is 0 Å². The third-order valence-corrected chi connectivity index (χ3v) is 0.767. The van der Waals surface area contributed by atoms with Crippen molar-refractivity contribution in [1.82, 2.24) is 0 Å². The van der Waals surface area contributed by atoms with Gasteiger partial charge in [0.05, 0.1) is 0 Å². The first kappa shape index (κ1) is 6.46. The van der Waals surface area contributed by atoms with Gasteiger partial charge in [-0.1, -0.05) is 10.3 Å². The Hall–Kier alpha value is -1.66. The first-order chi connectivity index (χ1) is 4.83. The van der Waals surface area contributed by atoms with E-state index in [1.165, 1.54) is 0 Å². The van der Waals surface area contributed by atoms with Gasteiger partial charge in [-0.05, 0) is 0 Å². The van der Waals surface area contributed by atoms with Crippen molar-refractivity contribution in [1.29, 1.82) is 5.53 Å². The lowest BCUT2D eigenvalue weighted by molar-refractivity contribution is -0.144. The van der Waals surface area contributed by atoms with Crippen LogP contribution in [0.1, 0.15) is 6.42 Å². The third-order valence-electron chi connectivity index (χ3n) is 0.767. The van der Waals surface area contributed by atoms with E-state index in [4.69, 9.17) is 5.53 Å². The molecular formula is C3H3N5O2. The Balaban J connectivity index is 2.72. The summed E-state index contributed by atoms with van der Waals surface area (Å²) in [5, 5.41) is 12.1. The fraction of sp³-hybridized carbons (Fsp3) is 0.333. The monoisotopic (exact) mass is 141 g/mol. The second-order valence-electron chi connectivity index (χ2n) is 1.44. The summed E-state index contributed by atoms with van der Waals surface area (Å²) in [7, 11) is 0. The number of amidine groups is 1. The van der Waals surface area contributed by atoms with Crippen LogP contribution in [-0.4, -0.2) is 11.8 Å². The van der Waals surface area contributed by atoms with Gasteiger partial charge in [-0.25, -0.2) is 4.79 Å². The number of carbonyl (C=O) groups is 1. The number of nitrogens with one attached hydrogen (secondary N) is 1. The zero-order valence-corrected chi connectivity index (χ0v) is 4.81. The largest absolute Gasteiger partial charge is 0.344 e. The van der Waals surface area contributed by atoms with Crippen LogP contribution in [0.5, 0.6) is 0 Å². The van der Waals surface area contributed by atoms with Crippen molar-refractivity contribution in [2.75, 3.05) is 0 Å². The van der Waals surface area contributed by atoms with Crippen molar-refractivity contribution in [2.45, 2.75) is 6.42 Å². The predicted octanol–water partition coefficient (Wildman–Crippen LogP) is 0.645. The van der Waals surface area contributed by atoms with E-state index < -0.39 is 5.97 Å². The molecule has 0 aromatic carbocycles. The molecule has 0 spiro atoms. The first-order valence-electron chi connectivity index (χ1n) is 2.37. The molecule has 0 amide bonds. The van der Waals surface area contributed by atoms with Gasteiger partial charge >= 0.3 is 5.97 Å². The smallest absolute Gasteiger partial charge is 0.299 e. The fourth-order valence-corrected chi connectivity index (χ4v) is 0.423. The molecule has 10 heavy (non-hydrogen) atoms. The molecule has 0 aromatic rings. The quantitative estimate of drug-likeness (QED) is 0.428. The lowest BCUT2D eigenvalue weighted by Gasteiger charge is -1.99. The minimum atomic E-state index is -0.544. The van der Waals surface area contributed by atoms with Gasteiger partial charge in [-0.3, -0.25) is 4.84 Å². The highest BCUT2D eigenvalue weighted by molar-refractivity contribution is 5.98. The molecule has 7 heteroatoms.